The second kappa shape index (κ2) is 4.74. The molecule has 0 fully saturated rings. The Morgan fingerprint density at radius 2 is 2.18 bits per heavy atom. The number of nitrogens with zero attached hydrogens (tertiary/aromatic N) is 1. The van der Waals surface area contributed by atoms with Crippen molar-refractivity contribution in [3.63, 3.8) is 0 Å². The summed E-state index contributed by atoms with van der Waals surface area (Å²) in [5.74, 6) is -1.63. The third kappa shape index (κ3) is 2.66. The van der Waals surface area contributed by atoms with Gasteiger partial charge in [-0.1, -0.05) is 12.1 Å². The lowest BCUT2D eigenvalue weighted by Crippen LogP contribution is -2.00. The van der Waals surface area contributed by atoms with E-state index in [-0.39, 0.29) is 5.56 Å². The molecule has 1 heterocycles. The number of carbonyl (C=O) groups is 1. The molecule has 4 heteroatoms. The molecule has 0 amide bonds. The second-order valence-corrected chi connectivity index (χ2v) is 3.65. The van der Waals surface area contributed by atoms with E-state index in [1.165, 1.54) is 12.1 Å². The predicted octanol–water partition coefficient (Wildman–Crippen LogP) is 2.51. The van der Waals surface area contributed by atoms with Crippen LogP contribution in [0, 0.1) is 5.82 Å². The van der Waals surface area contributed by atoms with E-state index < -0.39 is 11.8 Å². The van der Waals surface area contributed by atoms with Crippen LogP contribution in [0.15, 0.2) is 42.7 Å². The second-order valence-electron chi connectivity index (χ2n) is 3.65. The lowest BCUT2D eigenvalue weighted by atomic mass is 10.0. The van der Waals surface area contributed by atoms with Crippen LogP contribution in [0.5, 0.6) is 0 Å². The minimum atomic E-state index is -1.13. The highest BCUT2D eigenvalue weighted by molar-refractivity contribution is 5.87. The standard InChI is InChI=1S/C13H10FNO2/c14-12-7-11(13(16)17)4-3-10(12)6-9-2-1-5-15-8-9/h1-5,7-8H,6H2,(H,16,17). The van der Waals surface area contributed by atoms with Gasteiger partial charge in [0.1, 0.15) is 5.82 Å². The summed E-state index contributed by atoms with van der Waals surface area (Å²) in [4.78, 5) is 14.6. The van der Waals surface area contributed by atoms with Crippen molar-refractivity contribution in [2.75, 3.05) is 0 Å². The smallest absolute Gasteiger partial charge is 0.335 e. The lowest BCUT2D eigenvalue weighted by Gasteiger charge is -2.04. The fourth-order valence-electron chi connectivity index (χ4n) is 1.55. The average molecular weight is 231 g/mol. The Kier molecular flexibility index (Phi) is 3.14. The van der Waals surface area contributed by atoms with Gasteiger partial charge in [-0.05, 0) is 29.3 Å². The molecule has 2 aromatic rings. The highest BCUT2D eigenvalue weighted by atomic mass is 19.1. The molecule has 1 N–H and O–H groups in total. The topological polar surface area (TPSA) is 50.2 Å². The number of carboxylic acids is 1. The number of aromatic carboxylic acids is 1. The molecule has 1 aromatic carbocycles. The van der Waals surface area contributed by atoms with Gasteiger partial charge in [0.15, 0.2) is 0 Å². The van der Waals surface area contributed by atoms with Crippen LogP contribution in [0.1, 0.15) is 21.5 Å². The molecule has 0 aliphatic heterocycles. The summed E-state index contributed by atoms with van der Waals surface area (Å²) >= 11 is 0. The normalized spacial score (nSPS) is 10.2. The van der Waals surface area contributed by atoms with E-state index in [0.717, 1.165) is 11.6 Å². The maximum Gasteiger partial charge on any atom is 0.335 e. The van der Waals surface area contributed by atoms with Gasteiger partial charge >= 0.3 is 5.97 Å². The van der Waals surface area contributed by atoms with Crippen LogP contribution in [0.3, 0.4) is 0 Å². The Hall–Kier alpha value is -2.23. The van der Waals surface area contributed by atoms with Crippen molar-refractivity contribution in [3.05, 3.63) is 65.2 Å². The van der Waals surface area contributed by atoms with Crippen LogP contribution >= 0.6 is 0 Å². The molecule has 17 heavy (non-hydrogen) atoms. The van der Waals surface area contributed by atoms with E-state index in [1.54, 1.807) is 18.5 Å². The van der Waals surface area contributed by atoms with E-state index in [9.17, 15) is 9.18 Å². The number of hydrogen-bond donors (Lipinski definition) is 1. The van der Waals surface area contributed by atoms with Gasteiger partial charge in [0.05, 0.1) is 5.56 Å². The van der Waals surface area contributed by atoms with Crippen LogP contribution in [0.4, 0.5) is 4.39 Å². The quantitative estimate of drug-likeness (QED) is 0.882. The number of rotatable bonds is 3. The molecule has 0 radical (unpaired) electrons. The average Bonchev–Trinajstić information content (AvgIpc) is 2.33. The van der Waals surface area contributed by atoms with Gasteiger partial charge in [-0.25, -0.2) is 9.18 Å². The van der Waals surface area contributed by atoms with Crippen LogP contribution in [0.2, 0.25) is 0 Å². The molecule has 86 valence electrons. The number of hydrogen-bond acceptors (Lipinski definition) is 2. The summed E-state index contributed by atoms with van der Waals surface area (Å²) < 4.78 is 13.6. The maximum absolute atomic E-state index is 13.6. The third-order valence-electron chi connectivity index (χ3n) is 2.42. The van der Waals surface area contributed by atoms with Gasteiger partial charge < -0.3 is 5.11 Å². The fraction of sp³-hybridized carbons (Fsp3) is 0.0769. The fourth-order valence-corrected chi connectivity index (χ4v) is 1.55. The number of aromatic nitrogens is 1. The van der Waals surface area contributed by atoms with Crippen LogP contribution in [-0.2, 0) is 6.42 Å². The van der Waals surface area contributed by atoms with E-state index in [0.29, 0.717) is 12.0 Å². The largest absolute Gasteiger partial charge is 0.478 e. The summed E-state index contributed by atoms with van der Waals surface area (Å²) in [6, 6.07) is 7.55. The molecule has 0 spiro atoms. The van der Waals surface area contributed by atoms with Crippen molar-refractivity contribution in [2.24, 2.45) is 0 Å². The predicted molar refractivity (Wildman–Crippen MR) is 60.4 cm³/mol. The van der Waals surface area contributed by atoms with Crippen LogP contribution in [-0.4, -0.2) is 16.1 Å². The summed E-state index contributed by atoms with van der Waals surface area (Å²) in [5.41, 5.74) is 1.30. The number of carboxylic acid groups (broad SMARTS) is 1. The molecule has 1 aromatic heterocycles. The van der Waals surface area contributed by atoms with Crippen molar-refractivity contribution in [2.45, 2.75) is 6.42 Å². The highest BCUT2D eigenvalue weighted by Crippen LogP contribution is 2.14. The molecule has 0 bridgehead atoms. The van der Waals surface area contributed by atoms with Gasteiger partial charge in [0.2, 0.25) is 0 Å². The first-order valence-corrected chi connectivity index (χ1v) is 5.07. The number of halogens is 1. The summed E-state index contributed by atoms with van der Waals surface area (Å²) in [7, 11) is 0. The van der Waals surface area contributed by atoms with E-state index in [4.69, 9.17) is 5.11 Å². The van der Waals surface area contributed by atoms with E-state index >= 15 is 0 Å². The first-order chi connectivity index (χ1) is 8.16. The Bertz CT molecular complexity index is 540. The summed E-state index contributed by atoms with van der Waals surface area (Å²) in [6.07, 6.45) is 3.71. The summed E-state index contributed by atoms with van der Waals surface area (Å²) in [6.45, 7) is 0. The maximum atomic E-state index is 13.6. The van der Waals surface area contributed by atoms with Gasteiger partial charge in [-0.15, -0.1) is 0 Å². The molecular formula is C13H10FNO2. The Labute approximate surface area is 97.6 Å². The SMILES string of the molecule is O=C(O)c1ccc(Cc2cccnc2)c(F)c1. The monoisotopic (exact) mass is 231 g/mol. The first kappa shape index (κ1) is 11.3. The molecule has 0 saturated carbocycles. The van der Waals surface area contributed by atoms with Crippen molar-refractivity contribution in [1.29, 1.82) is 0 Å². The zero-order valence-electron chi connectivity index (χ0n) is 8.93. The van der Waals surface area contributed by atoms with Crippen molar-refractivity contribution < 1.29 is 14.3 Å². The van der Waals surface area contributed by atoms with Gasteiger partial charge in [-0.2, -0.15) is 0 Å². The zero-order valence-corrected chi connectivity index (χ0v) is 8.93. The summed E-state index contributed by atoms with van der Waals surface area (Å²) in [5, 5.41) is 8.71. The molecule has 3 nitrogen and oxygen atoms in total. The van der Waals surface area contributed by atoms with E-state index in [1.807, 2.05) is 6.07 Å². The Morgan fingerprint density at radius 1 is 1.35 bits per heavy atom. The highest BCUT2D eigenvalue weighted by Gasteiger charge is 2.08. The first-order valence-electron chi connectivity index (χ1n) is 5.07. The van der Waals surface area contributed by atoms with Crippen molar-refractivity contribution in [1.82, 2.24) is 4.98 Å². The van der Waals surface area contributed by atoms with E-state index in [2.05, 4.69) is 4.98 Å². The molecule has 0 aliphatic rings. The Balaban J connectivity index is 2.26. The van der Waals surface area contributed by atoms with Gasteiger partial charge in [0.25, 0.3) is 0 Å². The van der Waals surface area contributed by atoms with Crippen LogP contribution < -0.4 is 0 Å². The lowest BCUT2D eigenvalue weighted by molar-refractivity contribution is 0.0696. The Morgan fingerprint density at radius 3 is 2.76 bits per heavy atom. The zero-order chi connectivity index (χ0) is 12.3. The molecule has 0 aliphatic carbocycles. The molecule has 0 atom stereocenters. The van der Waals surface area contributed by atoms with Gasteiger partial charge in [-0.3, -0.25) is 4.98 Å². The number of pyridine rings is 1. The van der Waals surface area contributed by atoms with Gasteiger partial charge in [0, 0.05) is 18.8 Å². The van der Waals surface area contributed by atoms with Crippen molar-refractivity contribution >= 4 is 5.97 Å². The number of benzene rings is 1. The molecule has 0 saturated heterocycles. The minimum Gasteiger partial charge on any atom is -0.478 e. The molecule has 2 rings (SSSR count). The third-order valence-corrected chi connectivity index (χ3v) is 2.42. The van der Waals surface area contributed by atoms with Crippen molar-refractivity contribution in [3.8, 4) is 0 Å². The van der Waals surface area contributed by atoms with Crippen LogP contribution in [0.25, 0.3) is 0 Å². The minimum absolute atomic E-state index is 0.0440. The molecule has 0 unspecified atom stereocenters. The molecular weight excluding hydrogens is 221 g/mol.